The maximum Gasteiger partial charge on any atom is 0.235 e. The van der Waals surface area contributed by atoms with Crippen molar-refractivity contribution in [2.45, 2.75) is 6.04 Å². The highest BCUT2D eigenvalue weighted by atomic mass is 16.1. The third kappa shape index (κ3) is 2.54. The highest BCUT2D eigenvalue weighted by Crippen LogP contribution is 1.68. The number of nitrogens with two attached hydrogens (primary N) is 2. The predicted molar refractivity (Wildman–Crippen MR) is 31.1 cm³/mol. The second-order valence-corrected chi connectivity index (χ2v) is 1.57. The van der Waals surface area contributed by atoms with Gasteiger partial charge < -0.3 is 16.8 Å². The van der Waals surface area contributed by atoms with Gasteiger partial charge in [-0.2, -0.15) is 0 Å². The molecule has 0 aromatic carbocycles. The molecule has 1 amide bonds. The summed E-state index contributed by atoms with van der Waals surface area (Å²) in [4.78, 5) is 10.1. The van der Waals surface area contributed by atoms with Gasteiger partial charge >= 0.3 is 0 Å². The van der Waals surface area contributed by atoms with Crippen LogP contribution in [0.5, 0.6) is 0 Å². The number of primary amides is 1. The summed E-state index contributed by atoms with van der Waals surface area (Å²) in [7, 11) is 1.71. The molecular weight excluding hydrogens is 106 g/mol. The van der Waals surface area contributed by atoms with Gasteiger partial charge in [0.2, 0.25) is 5.91 Å². The first-order chi connectivity index (χ1) is 3.68. The molecule has 0 rings (SSSR count). The summed E-state index contributed by atoms with van der Waals surface area (Å²) < 4.78 is 0. The van der Waals surface area contributed by atoms with Crippen LogP contribution in [0.2, 0.25) is 0 Å². The molecular formula is C4H11N3O. The molecule has 0 unspecified atom stereocenters. The molecule has 0 radical (unpaired) electrons. The molecule has 0 saturated carbocycles. The Hall–Kier alpha value is -0.610. The Morgan fingerprint density at radius 2 is 2.38 bits per heavy atom. The lowest BCUT2D eigenvalue weighted by molar-refractivity contribution is -0.119. The maximum atomic E-state index is 10.1. The molecule has 0 aromatic rings. The van der Waals surface area contributed by atoms with Gasteiger partial charge in [0.1, 0.15) is 0 Å². The van der Waals surface area contributed by atoms with Crippen molar-refractivity contribution < 1.29 is 4.79 Å². The lowest BCUT2D eigenvalue weighted by Crippen LogP contribution is -2.43. The van der Waals surface area contributed by atoms with Gasteiger partial charge in [-0.15, -0.1) is 0 Å². The minimum absolute atomic E-state index is 0.440. The van der Waals surface area contributed by atoms with Crippen LogP contribution >= 0.6 is 0 Å². The molecule has 0 heterocycles. The number of likely N-dealkylation sites (N-methyl/N-ethyl adjacent to an activating group) is 1. The van der Waals surface area contributed by atoms with Gasteiger partial charge in [0.25, 0.3) is 0 Å². The van der Waals surface area contributed by atoms with Crippen molar-refractivity contribution in [3.63, 3.8) is 0 Å². The van der Waals surface area contributed by atoms with Gasteiger partial charge in [-0.3, -0.25) is 4.79 Å². The van der Waals surface area contributed by atoms with Crippen molar-refractivity contribution in [3.8, 4) is 0 Å². The van der Waals surface area contributed by atoms with Crippen molar-refractivity contribution in [2.24, 2.45) is 11.5 Å². The molecule has 0 aliphatic heterocycles. The zero-order chi connectivity index (χ0) is 6.57. The first-order valence-corrected chi connectivity index (χ1v) is 2.38. The fraction of sp³-hybridized carbons (Fsp3) is 0.750. The lowest BCUT2D eigenvalue weighted by Gasteiger charge is -2.03. The number of hydrogen-bond donors (Lipinski definition) is 3. The highest BCUT2D eigenvalue weighted by Gasteiger charge is 2.05. The highest BCUT2D eigenvalue weighted by molar-refractivity contribution is 5.79. The van der Waals surface area contributed by atoms with Crippen molar-refractivity contribution in [2.75, 3.05) is 13.6 Å². The molecule has 0 aromatic heterocycles. The van der Waals surface area contributed by atoms with E-state index in [9.17, 15) is 4.79 Å². The van der Waals surface area contributed by atoms with E-state index in [1.165, 1.54) is 0 Å². The molecule has 0 aliphatic carbocycles. The van der Waals surface area contributed by atoms with E-state index in [2.05, 4.69) is 5.32 Å². The Morgan fingerprint density at radius 1 is 1.88 bits per heavy atom. The van der Waals surface area contributed by atoms with Crippen molar-refractivity contribution in [1.29, 1.82) is 0 Å². The third-order valence-electron chi connectivity index (χ3n) is 0.789. The largest absolute Gasteiger partial charge is 0.368 e. The van der Waals surface area contributed by atoms with Crippen LogP contribution in [0.25, 0.3) is 0 Å². The Balaban J connectivity index is 3.32. The molecule has 4 heteroatoms. The topological polar surface area (TPSA) is 81.1 Å². The Morgan fingerprint density at radius 3 is 2.50 bits per heavy atom. The summed E-state index contributed by atoms with van der Waals surface area (Å²) in [6.07, 6.45) is 0. The quantitative estimate of drug-likeness (QED) is 0.400. The fourth-order valence-corrected chi connectivity index (χ4v) is 0.321. The number of amides is 1. The van der Waals surface area contributed by atoms with Crippen LogP contribution in [0.3, 0.4) is 0 Å². The minimum Gasteiger partial charge on any atom is -0.368 e. The van der Waals surface area contributed by atoms with Gasteiger partial charge in [-0.1, -0.05) is 0 Å². The molecule has 0 bridgehead atoms. The maximum absolute atomic E-state index is 10.1. The summed E-state index contributed by atoms with van der Waals surface area (Å²) in [6, 6.07) is -0.556. The van der Waals surface area contributed by atoms with E-state index in [4.69, 9.17) is 11.5 Å². The van der Waals surface area contributed by atoms with E-state index >= 15 is 0 Å². The lowest BCUT2D eigenvalue weighted by atomic mass is 10.3. The average Bonchev–Trinajstić information content (AvgIpc) is 1.67. The van der Waals surface area contributed by atoms with E-state index < -0.39 is 11.9 Å². The number of carbonyl (C=O) groups is 1. The number of carbonyl (C=O) groups excluding carboxylic acids is 1. The molecule has 4 nitrogen and oxygen atoms in total. The number of nitrogens with one attached hydrogen (secondary N) is 1. The van der Waals surface area contributed by atoms with Gasteiger partial charge in [-0.05, 0) is 7.05 Å². The van der Waals surface area contributed by atoms with Crippen LogP contribution in [0.15, 0.2) is 0 Å². The van der Waals surface area contributed by atoms with Crippen molar-refractivity contribution in [3.05, 3.63) is 0 Å². The standard InChI is InChI=1S/C4H11N3O/c1-7-2-3(5)4(6)8/h3,7H,2,5H2,1H3,(H2,6,8)/t3-/m0/s1. The summed E-state index contributed by atoms with van der Waals surface area (Å²) >= 11 is 0. The SMILES string of the molecule is CNC[C@H](N)C(N)=O. The van der Waals surface area contributed by atoms with E-state index in [1.54, 1.807) is 7.05 Å². The normalized spacial score (nSPS) is 13.2. The van der Waals surface area contributed by atoms with E-state index in [-0.39, 0.29) is 0 Å². The monoisotopic (exact) mass is 117 g/mol. The molecule has 1 atom stereocenters. The molecule has 48 valence electrons. The van der Waals surface area contributed by atoms with Gasteiger partial charge in [-0.25, -0.2) is 0 Å². The van der Waals surface area contributed by atoms with Gasteiger partial charge in [0.05, 0.1) is 6.04 Å². The van der Waals surface area contributed by atoms with Crippen LogP contribution < -0.4 is 16.8 Å². The van der Waals surface area contributed by atoms with Crippen LogP contribution in [-0.4, -0.2) is 25.5 Å². The molecule has 0 spiro atoms. The van der Waals surface area contributed by atoms with E-state index in [1.807, 2.05) is 0 Å². The Kier molecular flexibility index (Phi) is 3.14. The van der Waals surface area contributed by atoms with Crippen LogP contribution in [0, 0.1) is 0 Å². The Bertz CT molecular complexity index is 83.4. The molecule has 0 fully saturated rings. The average molecular weight is 117 g/mol. The minimum atomic E-state index is -0.556. The second-order valence-electron chi connectivity index (χ2n) is 1.57. The fourth-order valence-electron chi connectivity index (χ4n) is 0.321. The van der Waals surface area contributed by atoms with Crippen molar-refractivity contribution >= 4 is 5.91 Å². The summed E-state index contributed by atoms with van der Waals surface area (Å²) in [5.74, 6) is -0.473. The third-order valence-corrected chi connectivity index (χ3v) is 0.789. The molecule has 0 aliphatic rings. The predicted octanol–water partition coefficient (Wildman–Crippen LogP) is -1.98. The molecule has 0 saturated heterocycles. The zero-order valence-corrected chi connectivity index (χ0v) is 4.85. The molecule has 5 N–H and O–H groups in total. The van der Waals surface area contributed by atoms with Crippen molar-refractivity contribution in [1.82, 2.24) is 5.32 Å². The summed E-state index contributed by atoms with van der Waals surface area (Å²) in [6.45, 7) is 0.440. The Labute approximate surface area is 48.2 Å². The second kappa shape index (κ2) is 3.40. The van der Waals surface area contributed by atoms with Gasteiger partial charge in [0.15, 0.2) is 0 Å². The van der Waals surface area contributed by atoms with Crippen LogP contribution in [-0.2, 0) is 4.79 Å². The summed E-state index contributed by atoms with van der Waals surface area (Å²) in [5, 5.41) is 2.72. The number of rotatable bonds is 3. The van der Waals surface area contributed by atoms with Gasteiger partial charge in [0, 0.05) is 6.54 Å². The number of hydrogen-bond acceptors (Lipinski definition) is 3. The summed E-state index contributed by atoms with van der Waals surface area (Å²) in [5.41, 5.74) is 10.0. The molecule has 8 heavy (non-hydrogen) atoms. The van der Waals surface area contributed by atoms with E-state index in [0.29, 0.717) is 6.54 Å². The smallest absolute Gasteiger partial charge is 0.235 e. The first kappa shape index (κ1) is 7.39. The zero-order valence-electron chi connectivity index (χ0n) is 4.85. The van der Waals surface area contributed by atoms with E-state index in [0.717, 1.165) is 0 Å². The van der Waals surface area contributed by atoms with Crippen LogP contribution in [0.4, 0.5) is 0 Å². The first-order valence-electron chi connectivity index (χ1n) is 2.38. The van der Waals surface area contributed by atoms with Crippen LogP contribution in [0.1, 0.15) is 0 Å².